The van der Waals surface area contributed by atoms with Crippen molar-refractivity contribution in [1.29, 1.82) is 0 Å². The molecule has 1 N–H and O–H groups in total. The summed E-state index contributed by atoms with van der Waals surface area (Å²) in [5.74, 6) is 0.807. The van der Waals surface area contributed by atoms with Gasteiger partial charge in [0.2, 0.25) is 0 Å². The molecule has 0 fully saturated rings. The zero-order valence-electron chi connectivity index (χ0n) is 8.59. The first-order chi connectivity index (χ1) is 7.33. The summed E-state index contributed by atoms with van der Waals surface area (Å²) >= 11 is 0. The van der Waals surface area contributed by atoms with Crippen LogP contribution in [0.25, 0.3) is 0 Å². The summed E-state index contributed by atoms with van der Waals surface area (Å²) in [5.41, 5.74) is 0.430. The maximum absolute atomic E-state index is 13.6. The lowest BCUT2D eigenvalue weighted by atomic mass is 10.1. The third-order valence-electron chi connectivity index (χ3n) is 2.33. The minimum Gasteiger partial charge on any atom is -0.496 e. The molecule has 15 heavy (non-hydrogen) atoms. The van der Waals surface area contributed by atoms with E-state index in [2.05, 4.69) is 10.3 Å². The Balaban J connectivity index is 2.45. The van der Waals surface area contributed by atoms with Crippen LogP contribution in [-0.2, 0) is 0 Å². The Morgan fingerprint density at radius 1 is 1.47 bits per heavy atom. The molecule has 1 aliphatic heterocycles. The normalized spacial score (nSPS) is 15.5. The molecule has 0 radical (unpaired) electrons. The molecule has 3 nitrogen and oxygen atoms in total. The van der Waals surface area contributed by atoms with Crippen molar-refractivity contribution < 1.29 is 9.13 Å². The molecule has 1 aromatic carbocycles. The smallest absolute Gasteiger partial charge is 0.137 e. The van der Waals surface area contributed by atoms with E-state index >= 15 is 0 Å². The molecule has 1 aliphatic rings. The Kier molecular flexibility index (Phi) is 2.85. The van der Waals surface area contributed by atoms with Crippen LogP contribution < -0.4 is 10.1 Å². The monoisotopic (exact) mass is 208 g/mol. The molecule has 0 saturated carbocycles. The highest BCUT2D eigenvalue weighted by atomic mass is 19.1. The molecule has 0 saturated heterocycles. The Bertz CT molecular complexity index is 390. The number of aliphatic imine (C=N–C) groups is 1. The van der Waals surface area contributed by atoms with Crippen molar-refractivity contribution in [2.75, 3.05) is 20.2 Å². The number of rotatable bonds is 2. The van der Waals surface area contributed by atoms with Gasteiger partial charge in [-0.15, -0.1) is 0 Å². The average molecular weight is 208 g/mol. The SMILES string of the molecule is COc1cccc(F)c1C1=NCCCN1. The van der Waals surface area contributed by atoms with Crippen LogP contribution in [0.1, 0.15) is 12.0 Å². The van der Waals surface area contributed by atoms with E-state index in [1.54, 1.807) is 12.1 Å². The number of halogens is 1. The summed E-state index contributed by atoms with van der Waals surface area (Å²) in [4.78, 5) is 4.25. The highest BCUT2D eigenvalue weighted by Crippen LogP contribution is 2.21. The summed E-state index contributed by atoms with van der Waals surface area (Å²) in [5, 5.41) is 3.08. The number of nitrogens with zero attached hydrogens (tertiary/aromatic N) is 1. The summed E-state index contributed by atoms with van der Waals surface area (Å²) in [6.45, 7) is 1.57. The number of methoxy groups -OCH3 is 1. The lowest BCUT2D eigenvalue weighted by molar-refractivity contribution is 0.409. The second-order valence-corrected chi connectivity index (χ2v) is 3.33. The van der Waals surface area contributed by atoms with E-state index in [0.29, 0.717) is 17.1 Å². The molecule has 0 spiro atoms. The molecule has 0 amide bonds. The number of amidine groups is 1. The minimum absolute atomic E-state index is 0.303. The maximum atomic E-state index is 13.6. The molecule has 1 heterocycles. The van der Waals surface area contributed by atoms with Gasteiger partial charge in [0.1, 0.15) is 17.4 Å². The van der Waals surface area contributed by atoms with Gasteiger partial charge in [-0.3, -0.25) is 4.99 Å². The van der Waals surface area contributed by atoms with E-state index in [4.69, 9.17) is 4.74 Å². The molecular formula is C11H13FN2O. The van der Waals surface area contributed by atoms with Gasteiger partial charge in [0.25, 0.3) is 0 Å². The first-order valence-corrected chi connectivity index (χ1v) is 4.94. The van der Waals surface area contributed by atoms with E-state index in [9.17, 15) is 4.39 Å². The lowest BCUT2D eigenvalue weighted by Crippen LogP contribution is -2.31. The zero-order chi connectivity index (χ0) is 10.7. The third-order valence-corrected chi connectivity index (χ3v) is 2.33. The average Bonchev–Trinajstić information content (AvgIpc) is 2.29. The van der Waals surface area contributed by atoms with Gasteiger partial charge in [-0.1, -0.05) is 6.07 Å². The summed E-state index contributed by atoms with van der Waals surface area (Å²) in [6.07, 6.45) is 0.986. The summed E-state index contributed by atoms with van der Waals surface area (Å²) in [7, 11) is 1.53. The number of hydrogen-bond donors (Lipinski definition) is 1. The highest BCUT2D eigenvalue weighted by Gasteiger charge is 2.16. The Hall–Kier alpha value is -1.58. The number of nitrogens with one attached hydrogen (secondary N) is 1. The van der Waals surface area contributed by atoms with Gasteiger partial charge >= 0.3 is 0 Å². The topological polar surface area (TPSA) is 33.6 Å². The number of benzene rings is 1. The van der Waals surface area contributed by atoms with Crippen LogP contribution in [0, 0.1) is 5.82 Å². The zero-order valence-corrected chi connectivity index (χ0v) is 8.59. The quantitative estimate of drug-likeness (QED) is 0.800. The fourth-order valence-corrected chi connectivity index (χ4v) is 1.60. The Morgan fingerprint density at radius 3 is 3.00 bits per heavy atom. The first-order valence-electron chi connectivity index (χ1n) is 4.94. The van der Waals surface area contributed by atoms with Gasteiger partial charge in [-0.25, -0.2) is 4.39 Å². The highest BCUT2D eigenvalue weighted by molar-refractivity contribution is 6.01. The molecule has 0 aliphatic carbocycles. The van der Waals surface area contributed by atoms with E-state index in [0.717, 1.165) is 19.5 Å². The Morgan fingerprint density at radius 2 is 2.33 bits per heavy atom. The molecule has 2 rings (SSSR count). The molecule has 0 aromatic heterocycles. The van der Waals surface area contributed by atoms with E-state index < -0.39 is 0 Å². The van der Waals surface area contributed by atoms with Gasteiger partial charge in [-0.2, -0.15) is 0 Å². The van der Waals surface area contributed by atoms with Crippen molar-refractivity contribution in [3.05, 3.63) is 29.6 Å². The predicted octanol–water partition coefficient (Wildman–Crippen LogP) is 1.57. The lowest BCUT2D eigenvalue weighted by Gasteiger charge is -2.17. The van der Waals surface area contributed by atoms with Crippen molar-refractivity contribution in [2.24, 2.45) is 4.99 Å². The van der Waals surface area contributed by atoms with E-state index in [-0.39, 0.29) is 5.82 Å². The van der Waals surface area contributed by atoms with Crippen LogP contribution in [0.5, 0.6) is 5.75 Å². The fourth-order valence-electron chi connectivity index (χ4n) is 1.60. The first kappa shape index (κ1) is 9.96. The maximum Gasteiger partial charge on any atom is 0.137 e. The molecule has 4 heteroatoms. The summed E-state index contributed by atoms with van der Waals surface area (Å²) < 4.78 is 18.7. The van der Waals surface area contributed by atoms with Crippen molar-refractivity contribution >= 4 is 5.84 Å². The van der Waals surface area contributed by atoms with Crippen LogP contribution in [0.3, 0.4) is 0 Å². The molecular weight excluding hydrogens is 195 g/mol. The number of ether oxygens (including phenoxy) is 1. The second kappa shape index (κ2) is 4.29. The fraction of sp³-hybridized carbons (Fsp3) is 0.364. The van der Waals surface area contributed by atoms with Gasteiger partial charge in [0.15, 0.2) is 0 Å². The van der Waals surface area contributed by atoms with Gasteiger partial charge in [-0.05, 0) is 18.6 Å². The number of hydrogen-bond acceptors (Lipinski definition) is 3. The molecule has 80 valence electrons. The van der Waals surface area contributed by atoms with Crippen molar-refractivity contribution in [2.45, 2.75) is 6.42 Å². The second-order valence-electron chi connectivity index (χ2n) is 3.33. The van der Waals surface area contributed by atoms with Crippen LogP contribution in [0.4, 0.5) is 4.39 Å². The van der Waals surface area contributed by atoms with Crippen molar-refractivity contribution in [3.8, 4) is 5.75 Å². The van der Waals surface area contributed by atoms with Gasteiger partial charge in [0.05, 0.1) is 12.7 Å². The van der Waals surface area contributed by atoms with Crippen molar-refractivity contribution in [3.63, 3.8) is 0 Å². The van der Waals surface area contributed by atoms with Crippen LogP contribution in [0.2, 0.25) is 0 Å². The van der Waals surface area contributed by atoms with Crippen LogP contribution >= 0.6 is 0 Å². The van der Waals surface area contributed by atoms with E-state index in [1.807, 2.05) is 0 Å². The van der Waals surface area contributed by atoms with Gasteiger partial charge in [0, 0.05) is 13.1 Å². The van der Waals surface area contributed by atoms with Gasteiger partial charge < -0.3 is 10.1 Å². The molecule has 0 atom stereocenters. The van der Waals surface area contributed by atoms with Crippen molar-refractivity contribution in [1.82, 2.24) is 5.32 Å². The summed E-state index contributed by atoms with van der Waals surface area (Å²) in [6, 6.07) is 4.77. The molecule has 1 aromatic rings. The largest absolute Gasteiger partial charge is 0.496 e. The molecule has 0 unspecified atom stereocenters. The minimum atomic E-state index is -0.303. The van der Waals surface area contributed by atoms with Crippen LogP contribution in [-0.4, -0.2) is 26.0 Å². The predicted molar refractivity (Wildman–Crippen MR) is 57.0 cm³/mol. The Labute approximate surface area is 88.0 Å². The van der Waals surface area contributed by atoms with Crippen LogP contribution in [0.15, 0.2) is 23.2 Å². The molecule has 0 bridgehead atoms. The standard InChI is InChI=1S/C11H13FN2O/c1-15-9-5-2-4-8(12)10(9)11-13-6-3-7-14-11/h2,4-5H,3,6-7H2,1H3,(H,13,14). The third kappa shape index (κ3) is 1.93. The van der Waals surface area contributed by atoms with E-state index in [1.165, 1.54) is 13.2 Å².